The SMILES string of the molecule is CC[C@H](N)c1ccc(OCc2nnc3n2CCCC3)cc1. The Bertz CT molecular complexity index is 591. The zero-order valence-electron chi connectivity index (χ0n) is 12.5. The predicted molar refractivity (Wildman–Crippen MR) is 81.0 cm³/mol. The van der Waals surface area contributed by atoms with Crippen molar-refractivity contribution in [2.24, 2.45) is 5.73 Å². The van der Waals surface area contributed by atoms with Crippen LogP contribution in [0.25, 0.3) is 0 Å². The Balaban J connectivity index is 1.64. The Morgan fingerprint density at radius 2 is 2.05 bits per heavy atom. The summed E-state index contributed by atoms with van der Waals surface area (Å²) in [4.78, 5) is 0. The molecule has 0 saturated heterocycles. The molecule has 0 spiro atoms. The summed E-state index contributed by atoms with van der Waals surface area (Å²) in [6.45, 7) is 3.56. The second-order valence-corrected chi connectivity index (χ2v) is 5.51. The molecule has 5 nitrogen and oxygen atoms in total. The normalized spacial score (nSPS) is 15.5. The Morgan fingerprint density at radius 3 is 2.81 bits per heavy atom. The van der Waals surface area contributed by atoms with E-state index in [4.69, 9.17) is 10.5 Å². The number of fused-ring (bicyclic) bond motifs is 1. The van der Waals surface area contributed by atoms with Crippen LogP contribution in [-0.2, 0) is 19.6 Å². The fourth-order valence-corrected chi connectivity index (χ4v) is 2.67. The van der Waals surface area contributed by atoms with Crippen LogP contribution in [0.4, 0.5) is 0 Å². The molecule has 1 aromatic carbocycles. The third kappa shape index (κ3) is 3.08. The smallest absolute Gasteiger partial charge is 0.171 e. The first-order valence-corrected chi connectivity index (χ1v) is 7.67. The first kappa shape index (κ1) is 14.1. The number of rotatable bonds is 5. The Morgan fingerprint density at radius 1 is 1.24 bits per heavy atom. The van der Waals surface area contributed by atoms with E-state index < -0.39 is 0 Å². The summed E-state index contributed by atoms with van der Waals surface area (Å²) in [5.41, 5.74) is 7.15. The molecule has 1 aliphatic heterocycles. The lowest BCUT2D eigenvalue weighted by Crippen LogP contribution is -2.14. The van der Waals surface area contributed by atoms with E-state index in [1.54, 1.807) is 0 Å². The van der Waals surface area contributed by atoms with Gasteiger partial charge in [-0.15, -0.1) is 10.2 Å². The second kappa shape index (κ2) is 6.26. The third-order valence-corrected chi connectivity index (χ3v) is 4.05. The molecule has 0 radical (unpaired) electrons. The maximum atomic E-state index is 6.01. The minimum Gasteiger partial charge on any atom is -0.486 e. The van der Waals surface area contributed by atoms with Gasteiger partial charge in [0.25, 0.3) is 0 Å². The Kier molecular flexibility index (Phi) is 4.20. The van der Waals surface area contributed by atoms with Crippen LogP contribution in [0.3, 0.4) is 0 Å². The molecule has 0 aliphatic carbocycles. The number of hydrogen-bond donors (Lipinski definition) is 1. The molecule has 3 rings (SSSR count). The number of nitrogens with two attached hydrogens (primary N) is 1. The van der Waals surface area contributed by atoms with Gasteiger partial charge in [-0.25, -0.2) is 0 Å². The Hall–Kier alpha value is -1.88. The highest BCUT2D eigenvalue weighted by atomic mass is 16.5. The van der Waals surface area contributed by atoms with Crippen LogP contribution in [0.15, 0.2) is 24.3 Å². The van der Waals surface area contributed by atoms with Gasteiger partial charge in [0.15, 0.2) is 5.82 Å². The Labute approximate surface area is 125 Å². The number of aryl methyl sites for hydroxylation is 1. The second-order valence-electron chi connectivity index (χ2n) is 5.51. The molecule has 0 unspecified atom stereocenters. The molecule has 0 amide bonds. The molecule has 0 saturated carbocycles. The average Bonchev–Trinajstić information content (AvgIpc) is 2.96. The van der Waals surface area contributed by atoms with Crippen molar-refractivity contribution in [3.05, 3.63) is 41.5 Å². The van der Waals surface area contributed by atoms with Gasteiger partial charge in [-0.05, 0) is 37.0 Å². The van der Waals surface area contributed by atoms with Gasteiger partial charge >= 0.3 is 0 Å². The van der Waals surface area contributed by atoms with E-state index >= 15 is 0 Å². The van der Waals surface area contributed by atoms with Crippen LogP contribution in [0, 0.1) is 0 Å². The summed E-state index contributed by atoms with van der Waals surface area (Å²) < 4.78 is 8.01. The predicted octanol–water partition coefficient (Wildman–Crippen LogP) is 2.60. The van der Waals surface area contributed by atoms with Crippen molar-refractivity contribution in [2.45, 2.75) is 51.8 Å². The van der Waals surface area contributed by atoms with Gasteiger partial charge in [0.05, 0.1) is 0 Å². The maximum absolute atomic E-state index is 6.01. The van der Waals surface area contributed by atoms with E-state index in [0.29, 0.717) is 6.61 Å². The molecule has 5 heteroatoms. The van der Waals surface area contributed by atoms with Crippen LogP contribution >= 0.6 is 0 Å². The van der Waals surface area contributed by atoms with Crippen LogP contribution in [-0.4, -0.2) is 14.8 Å². The van der Waals surface area contributed by atoms with Crippen molar-refractivity contribution in [1.82, 2.24) is 14.8 Å². The molecule has 2 heterocycles. The summed E-state index contributed by atoms with van der Waals surface area (Å²) in [6.07, 6.45) is 4.36. The highest BCUT2D eigenvalue weighted by Crippen LogP contribution is 2.20. The number of ether oxygens (including phenoxy) is 1. The van der Waals surface area contributed by atoms with Crippen molar-refractivity contribution in [1.29, 1.82) is 0 Å². The summed E-state index contributed by atoms with van der Waals surface area (Å²) in [7, 11) is 0. The standard InChI is InChI=1S/C16H22N4O/c1-2-14(17)12-6-8-13(9-7-12)21-11-16-19-18-15-5-3-4-10-20(15)16/h6-9,14H,2-5,10-11,17H2,1H3/t14-/m0/s1. The quantitative estimate of drug-likeness (QED) is 0.917. The fraction of sp³-hybridized carbons (Fsp3) is 0.500. The number of nitrogens with zero attached hydrogens (tertiary/aromatic N) is 3. The lowest BCUT2D eigenvalue weighted by Gasteiger charge is -2.15. The number of aromatic nitrogens is 3. The zero-order chi connectivity index (χ0) is 14.7. The largest absolute Gasteiger partial charge is 0.486 e. The molecule has 112 valence electrons. The van der Waals surface area contributed by atoms with E-state index in [9.17, 15) is 0 Å². The molecule has 2 aromatic rings. The van der Waals surface area contributed by atoms with Crippen molar-refractivity contribution in [3.63, 3.8) is 0 Å². The van der Waals surface area contributed by atoms with Crippen LogP contribution in [0.2, 0.25) is 0 Å². The van der Waals surface area contributed by atoms with E-state index in [-0.39, 0.29) is 6.04 Å². The molecular formula is C16H22N4O. The lowest BCUT2D eigenvalue weighted by atomic mass is 10.1. The van der Waals surface area contributed by atoms with Gasteiger partial charge < -0.3 is 15.0 Å². The van der Waals surface area contributed by atoms with Gasteiger partial charge in [-0.2, -0.15) is 0 Å². The van der Waals surface area contributed by atoms with Crippen molar-refractivity contribution >= 4 is 0 Å². The molecule has 0 fully saturated rings. The van der Waals surface area contributed by atoms with Crippen molar-refractivity contribution in [2.75, 3.05) is 0 Å². The van der Waals surface area contributed by atoms with E-state index in [1.165, 1.54) is 12.8 Å². The van der Waals surface area contributed by atoms with Gasteiger partial charge in [-0.3, -0.25) is 0 Å². The van der Waals surface area contributed by atoms with Gasteiger partial charge in [0.1, 0.15) is 18.2 Å². The van der Waals surface area contributed by atoms with Gasteiger partial charge in [0, 0.05) is 19.0 Å². The van der Waals surface area contributed by atoms with E-state index in [0.717, 1.165) is 42.3 Å². The molecule has 2 N–H and O–H groups in total. The highest BCUT2D eigenvalue weighted by molar-refractivity contribution is 5.29. The van der Waals surface area contributed by atoms with Crippen LogP contribution in [0.5, 0.6) is 5.75 Å². The van der Waals surface area contributed by atoms with Gasteiger partial charge in [-0.1, -0.05) is 19.1 Å². The van der Waals surface area contributed by atoms with Gasteiger partial charge in [0.2, 0.25) is 0 Å². The van der Waals surface area contributed by atoms with Crippen LogP contribution in [0.1, 0.15) is 49.4 Å². The minimum absolute atomic E-state index is 0.0996. The zero-order valence-corrected chi connectivity index (χ0v) is 12.5. The van der Waals surface area contributed by atoms with E-state index in [2.05, 4.69) is 21.7 Å². The highest BCUT2D eigenvalue weighted by Gasteiger charge is 2.15. The first-order valence-electron chi connectivity index (χ1n) is 7.67. The van der Waals surface area contributed by atoms with Crippen molar-refractivity contribution < 1.29 is 4.74 Å². The summed E-state index contributed by atoms with van der Waals surface area (Å²) >= 11 is 0. The number of benzene rings is 1. The minimum atomic E-state index is 0.0996. The molecule has 1 aliphatic rings. The maximum Gasteiger partial charge on any atom is 0.171 e. The molecule has 1 atom stereocenters. The lowest BCUT2D eigenvalue weighted by molar-refractivity contribution is 0.286. The number of hydrogen-bond acceptors (Lipinski definition) is 4. The third-order valence-electron chi connectivity index (χ3n) is 4.05. The molecule has 0 bridgehead atoms. The van der Waals surface area contributed by atoms with Crippen LogP contribution < -0.4 is 10.5 Å². The van der Waals surface area contributed by atoms with Crippen molar-refractivity contribution in [3.8, 4) is 5.75 Å². The average molecular weight is 286 g/mol. The monoisotopic (exact) mass is 286 g/mol. The molecular weight excluding hydrogens is 264 g/mol. The fourth-order valence-electron chi connectivity index (χ4n) is 2.67. The molecule has 21 heavy (non-hydrogen) atoms. The first-order chi connectivity index (χ1) is 10.3. The van der Waals surface area contributed by atoms with E-state index in [1.807, 2.05) is 24.3 Å². The summed E-state index contributed by atoms with van der Waals surface area (Å²) in [5, 5.41) is 8.47. The topological polar surface area (TPSA) is 66.0 Å². The summed E-state index contributed by atoms with van der Waals surface area (Å²) in [6, 6.07) is 8.10. The molecule has 1 aromatic heterocycles. The summed E-state index contributed by atoms with van der Waals surface area (Å²) in [5.74, 6) is 2.85.